The molecule has 2 aliphatic heterocycles. The maximum Gasteiger partial charge on any atom is 0.222 e. The molecule has 0 aromatic rings. The highest BCUT2D eigenvalue weighted by atomic mass is 17.2. The molecule has 0 saturated carbocycles. The van der Waals surface area contributed by atoms with Crippen LogP contribution in [0.1, 0.15) is 6.92 Å². The molecule has 9 heavy (non-hydrogen) atoms. The Kier molecular flexibility index (Phi) is 1.08. The first-order valence-corrected chi connectivity index (χ1v) is 2.98. The summed E-state index contributed by atoms with van der Waals surface area (Å²) in [5, 5.41) is 0. The van der Waals surface area contributed by atoms with Crippen LogP contribution >= 0.6 is 0 Å². The first-order valence-electron chi connectivity index (χ1n) is 2.98. The average Bonchev–Trinajstić information content (AvgIpc) is 2.55. The van der Waals surface area contributed by atoms with Gasteiger partial charge in [0.1, 0.15) is 12.7 Å². The lowest BCUT2D eigenvalue weighted by molar-refractivity contribution is -0.312. The van der Waals surface area contributed by atoms with Gasteiger partial charge in [0.25, 0.3) is 0 Å². The number of hydrogen-bond acceptors (Lipinski definition) is 3. The van der Waals surface area contributed by atoms with E-state index in [-0.39, 0.29) is 12.4 Å². The van der Waals surface area contributed by atoms with Gasteiger partial charge in [-0.25, -0.2) is 9.78 Å². The Hall–Kier alpha value is -0.380. The largest absolute Gasteiger partial charge is 0.334 e. The van der Waals surface area contributed by atoms with E-state index in [9.17, 15) is 0 Å². The molecule has 2 unspecified atom stereocenters. The Bertz CT molecular complexity index is 152. The summed E-state index contributed by atoms with van der Waals surface area (Å²) in [5.41, 5.74) is 1.21. The maximum atomic E-state index is 5.05. The first kappa shape index (κ1) is 5.41. The van der Waals surface area contributed by atoms with E-state index in [1.165, 1.54) is 5.57 Å². The highest BCUT2D eigenvalue weighted by Crippen LogP contribution is 2.31. The number of fused-ring (bicyclic) bond motifs is 1. The fraction of sp³-hybridized carbons (Fsp3) is 0.667. The summed E-state index contributed by atoms with van der Waals surface area (Å²) in [6.45, 7) is 2.56. The summed E-state index contributed by atoms with van der Waals surface area (Å²) in [5.74, 6) is 0. The van der Waals surface area contributed by atoms with Gasteiger partial charge in [0.15, 0.2) is 0 Å². The maximum absolute atomic E-state index is 5.05. The smallest absolute Gasteiger partial charge is 0.222 e. The van der Waals surface area contributed by atoms with Gasteiger partial charge in [0, 0.05) is 0 Å². The zero-order chi connectivity index (χ0) is 6.27. The molecule has 0 aliphatic carbocycles. The lowest BCUT2D eigenvalue weighted by Crippen LogP contribution is -1.97. The molecule has 0 N–H and O–H groups in total. The van der Waals surface area contributed by atoms with Crippen molar-refractivity contribution in [3.8, 4) is 0 Å². The molecule has 2 heterocycles. The summed E-state index contributed by atoms with van der Waals surface area (Å²) >= 11 is 0. The van der Waals surface area contributed by atoms with Crippen molar-refractivity contribution in [3.63, 3.8) is 0 Å². The molecule has 1 saturated heterocycles. The van der Waals surface area contributed by atoms with Crippen LogP contribution < -0.4 is 0 Å². The third kappa shape index (κ3) is 0.871. The van der Waals surface area contributed by atoms with Crippen molar-refractivity contribution in [2.24, 2.45) is 0 Å². The zero-order valence-corrected chi connectivity index (χ0v) is 5.16. The van der Waals surface area contributed by atoms with Crippen LogP contribution in [0.2, 0.25) is 0 Å². The summed E-state index contributed by atoms with van der Waals surface area (Å²) < 4.78 is 5.05. The van der Waals surface area contributed by atoms with Gasteiger partial charge >= 0.3 is 0 Å². The first-order chi connectivity index (χ1) is 4.38. The third-order valence-electron chi connectivity index (χ3n) is 1.54. The molecule has 0 bridgehead atoms. The molecular weight excluding hydrogens is 120 g/mol. The minimum absolute atomic E-state index is 0.122. The van der Waals surface area contributed by atoms with Gasteiger partial charge < -0.3 is 4.74 Å². The van der Waals surface area contributed by atoms with Crippen LogP contribution in [0.5, 0.6) is 0 Å². The molecule has 0 amide bonds. The Morgan fingerprint density at radius 3 is 3.44 bits per heavy atom. The molecule has 2 rings (SSSR count). The second-order valence-corrected chi connectivity index (χ2v) is 2.25. The van der Waals surface area contributed by atoms with E-state index < -0.39 is 0 Å². The number of rotatable bonds is 0. The van der Waals surface area contributed by atoms with Gasteiger partial charge in [-0.2, -0.15) is 0 Å². The molecule has 0 aromatic heterocycles. The van der Waals surface area contributed by atoms with Crippen LogP contribution in [0.3, 0.4) is 0 Å². The van der Waals surface area contributed by atoms with Crippen molar-refractivity contribution >= 4 is 0 Å². The monoisotopic (exact) mass is 128 g/mol. The van der Waals surface area contributed by atoms with E-state index in [0.717, 1.165) is 0 Å². The summed E-state index contributed by atoms with van der Waals surface area (Å²) in [6, 6.07) is 0. The van der Waals surface area contributed by atoms with Gasteiger partial charge in [-0.15, -0.1) is 0 Å². The van der Waals surface area contributed by atoms with Crippen LogP contribution in [0, 0.1) is 0 Å². The van der Waals surface area contributed by atoms with Crippen LogP contribution in [-0.2, 0) is 14.5 Å². The van der Waals surface area contributed by atoms with Gasteiger partial charge in [0.2, 0.25) is 6.29 Å². The average molecular weight is 128 g/mol. The van der Waals surface area contributed by atoms with Crippen LogP contribution in [0.4, 0.5) is 0 Å². The fourth-order valence-electron chi connectivity index (χ4n) is 0.882. The molecule has 2 aliphatic rings. The SMILES string of the molecule is CC1=CCOOC2OC12. The molecular formula is C6H8O3. The molecule has 0 spiro atoms. The summed E-state index contributed by atoms with van der Waals surface area (Å²) in [6.07, 6.45) is 2.02. The second-order valence-electron chi connectivity index (χ2n) is 2.25. The molecule has 0 radical (unpaired) electrons. The lowest BCUT2D eigenvalue weighted by atomic mass is 10.2. The van der Waals surface area contributed by atoms with Crippen molar-refractivity contribution in [3.05, 3.63) is 11.6 Å². The summed E-state index contributed by atoms with van der Waals surface area (Å²) in [7, 11) is 0. The Balaban J connectivity index is 2.10. The van der Waals surface area contributed by atoms with E-state index in [4.69, 9.17) is 14.5 Å². The highest BCUT2D eigenvalue weighted by molar-refractivity contribution is 5.12. The topological polar surface area (TPSA) is 31.0 Å². The number of ether oxygens (including phenoxy) is 1. The highest BCUT2D eigenvalue weighted by Gasteiger charge is 2.43. The molecule has 1 fully saturated rings. The number of epoxide rings is 1. The van der Waals surface area contributed by atoms with Crippen LogP contribution in [-0.4, -0.2) is 19.0 Å². The number of hydrogen-bond donors (Lipinski definition) is 0. The molecule has 0 aromatic carbocycles. The summed E-state index contributed by atoms with van der Waals surface area (Å²) in [4.78, 5) is 9.49. The predicted molar refractivity (Wildman–Crippen MR) is 29.5 cm³/mol. The molecule has 3 nitrogen and oxygen atoms in total. The Labute approximate surface area is 53.1 Å². The van der Waals surface area contributed by atoms with Gasteiger partial charge in [-0.05, 0) is 12.5 Å². The van der Waals surface area contributed by atoms with E-state index in [2.05, 4.69) is 0 Å². The molecule has 2 atom stereocenters. The second kappa shape index (κ2) is 1.80. The normalized spacial score (nSPS) is 40.8. The fourth-order valence-corrected chi connectivity index (χ4v) is 0.882. The van der Waals surface area contributed by atoms with Gasteiger partial charge in [0.05, 0.1) is 0 Å². The zero-order valence-electron chi connectivity index (χ0n) is 5.16. The quantitative estimate of drug-likeness (QED) is 0.272. The standard InChI is InChI=1S/C6H8O3/c1-4-2-3-7-9-6-5(4)8-6/h2,5-6H,3H2,1H3. The predicted octanol–water partition coefficient (Wildman–Crippen LogP) is 0.619. The third-order valence-corrected chi connectivity index (χ3v) is 1.54. The Morgan fingerprint density at radius 2 is 2.56 bits per heavy atom. The minimum Gasteiger partial charge on any atom is -0.334 e. The molecule has 3 heteroatoms. The molecule has 50 valence electrons. The van der Waals surface area contributed by atoms with Crippen molar-refractivity contribution in [2.75, 3.05) is 6.61 Å². The lowest BCUT2D eigenvalue weighted by Gasteiger charge is -1.92. The van der Waals surface area contributed by atoms with E-state index in [1.54, 1.807) is 0 Å². The van der Waals surface area contributed by atoms with Gasteiger partial charge in [-0.3, -0.25) is 0 Å². The van der Waals surface area contributed by atoms with Crippen molar-refractivity contribution in [1.82, 2.24) is 0 Å². The van der Waals surface area contributed by atoms with E-state index in [0.29, 0.717) is 6.61 Å². The van der Waals surface area contributed by atoms with E-state index >= 15 is 0 Å². The van der Waals surface area contributed by atoms with Gasteiger partial charge in [-0.1, -0.05) is 6.08 Å². The van der Waals surface area contributed by atoms with Crippen molar-refractivity contribution in [2.45, 2.75) is 19.3 Å². The van der Waals surface area contributed by atoms with Crippen LogP contribution in [0.15, 0.2) is 11.6 Å². The van der Waals surface area contributed by atoms with Crippen molar-refractivity contribution < 1.29 is 14.5 Å². The van der Waals surface area contributed by atoms with E-state index in [1.807, 2.05) is 13.0 Å². The Morgan fingerprint density at radius 1 is 1.67 bits per heavy atom. The minimum atomic E-state index is -0.122. The van der Waals surface area contributed by atoms with Crippen LogP contribution in [0.25, 0.3) is 0 Å². The van der Waals surface area contributed by atoms with Crippen molar-refractivity contribution in [1.29, 1.82) is 0 Å².